The molecule has 5 heteroatoms. The summed E-state index contributed by atoms with van der Waals surface area (Å²) >= 11 is 3.43. The molecular formula is C9H17N3S2. The van der Waals surface area contributed by atoms with Gasteiger partial charge in [0.25, 0.3) is 0 Å². The zero-order valence-electron chi connectivity index (χ0n) is 8.69. The first-order valence-electron chi connectivity index (χ1n) is 4.93. The maximum absolute atomic E-state index is 3.99. The van der Waals surface area contributed by atoms with Crippen molar-refractivity contribution >= 4 is 23.1 Å². The van der Waals surface area contributed by atoms with Crippen molar-refractivity contribution in [1.82, 2.24) is 15.5 Å². The SMILES string of the molecule is CCC(CCCSc1nncs1)NC. The first-order valence-corrected chi connectivity index (χ1v) is 6.79. The van der Waals surface area contributed by atoms with Gasteiger partial charge in [0.05, 0.1) is 0 Å². The van der Waals surface area contributed by atoms with E-state index < -0.39 is 0 Å². The molecule has 0 amide bonds. The molecule has 14 heavy (non-hydrogen) atoms. The summed E-state index contributed by atoms with van der Waals surface area (Å²) in [6.07, 6.45) is 3.70. The molecule has 0 radical (unpaired) electrons. The third-order valence-corrected chi connectivity index (χ3v) is 4.11. The number of hydrogen-bond acceptors (Lipinski definition) is 5. The molecule has 1 atom stereocenters. The third-order valence-electron chi connectivity index (χ3n) is 2.16. The summed E-state index contributed by atoms with van der Waals surface area (Å²) in [5, 5.41) is 11.1. The van der Waals surface area contributed by atoms with Crippen molar-refractivity contribution in [2.24, 2.45) is 0 Å². The van der Waals surface area contributed by atoms with E-state index in [1.807, 2.05) is 18.8 Å². The molecule has 1 N–H and O–H groups in total. The van der Waals surface area contributed by atoms with E-state index in [-0.39, 0.29) is 0 Å². The highest BCUT2D eigenvalue weighted by Crippen LogP contribution is 2.20. The molecule has 0 bridgehead atoms. The molecule has 0 spiro atoms. The van der Waals surface area contributed by atoms with Crippen LogP contribution in [0.3, 0.4) is 0 Å². The number of aromatic nitrogens is 2. The first kappa shape index (κ1) is 11.9. The minimum Gasteiger partial charge on any atom is -0.317 e. The normalized spacial score (nSPS) is 13.0. The Morgan fingerprint density at radius 3 is 3.07 bits per heavy atom. The van der Waals surface area contributed by atoms with Crippen LogP contribution in [0.1, 0.15) is 26.2 Å². The lowest BCUT2D eigenvalue weighted by Crippen LogP contribution is -2.23. The van der Waals surface area contributed by atoms with Gasteiger partial charge >= 0.3 is 0 Å². The summed E-state index contributed by atoms with van der Waals surface area (Å²) in [6, 6.07) is 0.671. The fourth-order valence-electron chi connectivity index (χ4n) is 1.27. The van der Waals surface area contributed by atoms with Crippen molar-refractivity contribution in [3.8, 4) is 0 Å². The number of thioether (sulfide) groups is 1. The van der Waals surface area contributed by atoms with E-state index in [2.05, 4.69) is 22.4 Å². The Labute approximate surface area is 93.7 Å². The Hall–Kier alpha value is -0.130. The molecule has 1 aromatic rings. The van der Waals surface area contributed by atoms with Gasteiger partial charge in [-0.05, 0) is 26.3 Å². The van der Waals surface area contributed by atoms with Gasteiger partial charge < -0.3 is 5.32 Å². The highest BCUT2D eigenvalue weighted by molar-refractivity contribution is 8.00. The number of nitrogens with one attached hydrogen (secondary N) is 1. The van der Waals surface area contributed by atoms with Gasteiger partial charge in [-0.3, -0.25) is 0 Å². The van der Waals surface area contributed by atoms with Crippen LogP contribution in [0.25, 0.3) is 0 Å². The zero-order chi connectivity index (χ0) is 10.2. The molecule has 1 unspecified atom stereocenters. The molecule has 0 fully saturated rings. The van der Waals surface area contributed by atoms with Crippen molar-refractivity contribution in [3.05, 3.63) is 5.51 Å². The molecule has 1 aromatic heterocycles. The van der Waals surface area contributed by atoms with E-state index in [1.54, 1.807) is 16.8 Å². The highest BCUT2D eigenvalue weighted by atomic mass is 32.2. The lowest BCUT2D eigenvalue weighted by Gasteiger charge is -2.12. The second kappa shape index (κ2) is 7.20. The summed E-state index contributed by atoms with van der Waals surface area (Å²) in [5.74, 6) is 1.15. The van der Waals surface area contributed by atoms with Crippen LogP contribution in [-0.2, 0) is 0 Å². The Kier molecular flexibility index (Phi) is 6.14. The maximum atomic E-state index is 3.99. The topological polar surface area (TPSA) is 37.8 Å². The van der Waals surface area contributed by atoms with Gasteiger partial charge in [-0.2, -0.15) is 0 Å². The molecule has 0 aromatic carbocycles. The van der Waals surface area contributed by atoms with Gasteiger partial charge in [-0.25, -0.2) is 0 Å². The standard InChI is InChI=1S/C9H17N3S2/c1-3-8(10-2)5-4-6-13-9-12-11-7-14-9/h7-8,10H,3-6H2,1-2H3. The fourth-order valence-corrected chi connectivity index (χ4v) is 2.79. The number of nitrogens with zero attached hydrogens (tertiary/aromatic N) is 2. The largest absolute Gasteiger partial charge is 0.317 e. The monoisotopic (exact) mass is 231 g/mol. The summed E-state index contributed by atoms with van der Waals surface area (Å²) < 4.78 is 1.09. The van der Waals surface area contributed by atoms with Crippen LogP contribution in [-0.4, -0.2) is 29.0 Å². The third kappa shape index (κ3) is 4.39. The van der Waals surface area contributed by atoms with Crippen LogP contribution >= 0.6 is 23.1 Å². The Morgan fingerprint density at radius 1 is 1.64 bits per heavy atom. The lowest BCUT2D eigenvalue weighted by molar-refractivity contribution is 0.504. The lowest BCUT2D eigenvalue weighted by atomic mass is 10.1. The Morgan fingerprint density at radius 2 is 2.50 bits per heavy atom. The molecule has 0 aliphatic rings. The quantitative estimate of drug-likeness (QED) is 0.577. The molecule has 0 aliphatic heterocycles. The van der Waals surface area contributed by atoms with E-state index in [1.165, 1.54) is 19.3 Å². The molecule has 0 saturated carbocycles. The van der Waals surface area contributed by atoms with Crippen LogP contribution in [0.5, 0.6) is 0 Å². The van der Waals surface area contributed by atoms with E-state index >= 15 is 0 Å². The maximum Gasteiger partial charge on any atom is 0.174 e. The number of rotatable bonds is 7. The second-order valence-corrected chi connectivity index (χ2v) is 5.26. The van der Waals surface area contributed by atoms with E-state index in [0.29, 0.717) is 6.04 Å². The molecule has 0 aliphatic carbocycles. The predicted molar refractivity (Wildman–Crippen MR) is 63.0 cm³/mol. The molecule has 1 rings (SSSR count). The van der Waals surface area contributed by atoms with Crippen LogP contribution < -0.4 is 5.32 Å². The molecule has 80 valence electrons. The van der Waals surface area contributed by atoms with Crippen LogP contribution in [0.4, 0.5) is 0 Å². The second-order valence-electron chi connectivity index (χ2n) is 3.09. The van der Waals surface area contributed by atoms with Crippen molar-refractivity contribution in [1.29, 1.82) is 0 Å². The molecule has 1 heterocycles. The smallest absolute Gasteiger partial charge is 0.174 e. The van der Waals surface area contributed by atoms with Gasteiger partial charge in [-0.15, -0.1) is 10.2 Å². The van der Waals surface area contributed by atoms with Gasteiger partial charge in [0.2, 0.25) is 0 Å². The van der Waals surface area contributed by atoms with Gasteiger partial charge in [0.15, 0.2) is 4.34 Å². The first-order chi connectivity index (χ1) is 6.86. The molecule has 3 nitrogen and oxygen atoms in total. The summed E-state index contributed by atoms with van der Waals surface area (Å²) in [5.41, 5.74) is 1.78. The van der Waals surface area contributed by atoms with Crippen molar-refractivity contribution < 1.29 is 0 Å². The van der Waals surface area contributed by atoms with Crippen molar-refractivity contribution in [2.45, 2.75) is 36.6 Å². The average Bonchev–Trinajstić information content (AvgIpc) is 2.71. The van der Waals surface area contributed by atoms with Gasteiger partial charge in [0, 0.05) is 11.8 Å². The van der Waals surface area contributed by atoms with Crippen LogP contribution in [0.2, 0.25) is 0 Å². The van der Waals surface area contributed by atoms with Crippen molar-refractivity contribution in [3.63, 3.8) is 0 Å². The minimum absolute atomic E-state index is 0.671. The van der Waals surface area contributed by atoms with Crippen molar-refractivity contribution in [2.75, 3.05) is 12.8 Å². The van der Waals surface area contributed by atoms with Gasteiger partial charge in [0.1, 0.15) is 5.51 Å². The molecular weight excluding hydrogens is 214 g/mol. The summed E-state index contributed by atoms with van der Waals surface area (Å²) in [4.78, 5) is 0. The predicted octanol–water partition coefficient (Wildman–Crippen LogP) is 2.41. The van der Waals surface area contributed by atoms with Gasteiger partial charge in [-0.1, -0.05) is 30.0 Å². The van der Waals surface area contributed by atoms with Crippen LogP contribution in [0.15, 0.2) is 9.85 Å². The molecule has 0 saturated heterocycles. The average molecular weight is 231 g/mol. The fraction of sp³-hybridized carbons (Fsp3) is 0.778. The summed E-state index contributed by atoms with van der Waals surface area (Å²) in [6.45, 7) is 2.22. The minimum atomic E-state index is 0.671. The Balaban J connectivity index is 2.04. The Bertz CT molecular complexity index is 222. The summed E-state index contributed by atoms with van der Waals surface area (Å²) in [7, 11) is 2.03. The highest BCUT2D eigenvalue weighted by Gasteiger charge is 2.03. The zero-order valence-corrected chi connectivity index (χ0v) is 10.3. The van der Waals surface area contributed by atoms with Crippen LogP contribution in [0, 0.1) is 0 Å². The number of hydrogen-bond donors (Lipinski definition) is 1. The van der Waals surface area contributed by atoms with E-state index in [9.17, 15) is 0 Å². The van der Waals surface area contributed by atoms with E-state index in [0.717, 1.165) is 10.1 Å². The van der Waals surface area contributed by atoms with E-state index in [4.69, 9.17) is 0 Å².